The summed E-state index contributed by atoms with van der Waals surface area (Å²) in [7, 11) is 1.73. The molecule has 0 bridgehead atoms. The fraction of sp³-hybridized carbons (Fsp3) is 0.412. The Labute approximate surface area is 219 Å². The predicted molar refractivity (Wildman–Crippen MR) is 155 cm³/mol. The average molecular weight is 485 g/mol. The van der Waals surface area contributed by atoms with Crippen molar-refractivity contribution in [2.75, 3.05) is 7.11 Å². The Hall–Kier alpha value is -2.84. The molecular weight excluding hydrogens is 440 g/mol. The molecule has 0 atom stereocenters. The smallest absolute Gasteiger partial charge is 0.122 e. The fourth-order valence-corrected chi connectivity index (χ4v) is 5.34. The van der Waals surface area contributed by atoms with Gasteiger partial charge < -0.3 is 9.84 Å². The molecule has 1 N–H and O–H groups in total. The van der Waals surface area contributed by atoms with Gasteiger partial charge in [-0.05, 0) is 90.1 Å². The topological polar surface area (TPSA) is 29.5 Å². The molecule has 0 saturated heterocycles. The van der Waals surface area contributed by atoms with Gasteiger partial charge >= 0.3 is 0 Å². The average Bonchev–Trinajstić information content (AvgIpc) is 2.93. The number of benzene rings is 3. The summed E-state index contributed by atoms with van der Waals surface area (Å²) in [6.45, 7) is 13.0. The van der Waals surface area contributed by atoms with Crippen molar-refractivity contribution in [3.63, 3.8) is 0 Å². The molecule has 0 aromatic heterocycles. The Morgan fingerprint density at radius 1 is 0.750 bits per heavy atom. The van der Waals surface area contributed by atoms with Crippen LogP contribution in [0.5, 0.6) is 5.75 Å². The van der Waals surface area contributed by atoms with E-state index in [2.05, 4.69) is 94.4 Å². The molecule has 36 heavy (non-hydrogen) atoms. The number of methoxy groups -OCH3 is 1. The summed E-state index contributed by atoms with van der Waals surface area (Å²) >= 11 is 0. The number of hydrogen-bond acceptors (Lipinski definition) is 2. The summed E-state index contributed by atoms with van der Waals surface area (Å²) in [5, 5.41) is 10.7. The quantitative estimate of drug-likeness (QED) is 0.294. The van der Waals surface area contributed by atoms with E-state index < -0.39 is 5.60 Å². The van der Waals surface area contributed by atoms with Crippen molar-refractivity contribution in [2.24, 2.45) is 0 Å². The first-order valence-corrected chi connectivity index (χ1v) is 13.6. The number of rotatable bonds is 11. The van der Waals surface area contributed by atoms with Crippen LogP contribution in [-0.4, -0.2) is 17.8 Å². The van der Waals surface area contributed by atoms with Crippen LogP contribution in [-0.2, 0) is 11.8 Å². The number of aliphatic hydroxyl groups is 1. The van der Waals surface area contributed by atoms with Crippen molar-refractivity contribution in [3.05, 3.63) is 94.6 Å². The number of ether oxygens (including phenoxy) is 1. The Bertz CT molecular complexity index is 1160. The van der Waals surface area contributed by atoms with Gasteiger partial charge in [0.15, 0.2) is 0 Å². The lowest BCUT2D eigenvalue weighted by Crippen LogP contribution is -2.26. The van der Waals surface area contributed by atoms with E-state index in [1.807, 2.05) is 19.9 Å². The summed E-state index contributed by atoms with van der Waals surface area (Å²) in [6.07, 6.45) is 8.50. The summed E-state index contributed by atoms with van der Waals surface area (Å²) in [5.41, 5.74) is 8.05. The Balaban J connectivity index is 1.96. The van der Waals surface area contributed by atoms with Crippen LogP contribution in [0.1, 0.15) is 88.1 Å². The minimum absolute atomic E-state index is 0.0341. The minimum Gasteiger partial charge on any atom is -0.496 e. The van der Waals surface area contributed by atoms with Gasteiger partial charge in [-0.3, -0.25) is 0 Å². The van der Waals surface area contributed by atoms with Gasteiger partial charge in [-0.25, -0.2) is 0 Å². The van der Waals surface area contributed by atoms with Crippen LogP contribution in [0.4, 0.5) is 0 Å². The first kappa shape index (κ1) is 27.7. The third kappa shape index (κ3) is 5.60. The van der Waals surface area contributed by atoms with E-state index in [0.717, 1.165) is 37.9 Å². The van der Waals surface area contributed by atoms with E-state index >= 15 is 0 Å². The zero-order valence-electron chi connectivity index (χ0n) is 23.3. The van der Waals surface area contributed by atoms with Crippen LogP contribution in [0, 0.1) is 6.92 Å². The molecule has 2 nitrogen and oxygen atoms in total. The van der Waals surface area contributed by atoms with Gasteiger partial charge in [0, 0.05) is 5.41 Å². The lowest BCUT2D eigenvalue weighted by molar-refractivity contribution is 0.0836. The second-order valence-corrected chi connectivity index (χ2v) is 9.96. The Morgan fingerprint density at radius 2 is 1.36 bits per heavy atom. The molecule has 2 heteroatoms. The van der Waals surface area contributed by atoms with Crippen molar-refractivity contribution in [3.8, 4) is 16.9 Å². The van der Waals surface area contributed by atoms with Gasteiger partial charge in [-0.1, -0.05) is 95.3 Å². The molecule has 192 valence electrons. The van der Waals surface area contributed by atoms with Gasteiger partial charge in [0.25, 0.3) is 0 Å². The zero-order valence-corrected chi connectivity index (χ0v) is 23.3. The third-order valence-electron chi connectivity index (χ3n) is 8.26. The summed E-state index contributed by atoms with van der Waals surface area (Å²) < 4.78 is 5.51. The monoisotopic (exact) mass is 484 g/mol. The molecule has 0 aliphatic rings. The van der Waals surface area contributed by atoms with Gasteiger partial charge in [0.1, 0.15) is 5.75 Å². The van der Waals surface area contributed by atoms with Crippen molar-refractivity contribution < 1.29 is 9.84 Å². The van der Waals surface area contributed by atoms with Gasteiger partial charge in [0.05, 0.1) is 12.7 Å². The molecule has 3 aromatic carbocycles. The number of hydrogen-bond donors (Lipinski definition) is 1. The second kappa shape index (κ2) is 11.9. The molecule has 0 amide bonds. The van der Waals surface area contributed by atoms with Crippen LogP contribution >= 0.6 is 0 Å². The minimum atomic E-state index is -0.731. The van der Waals surface area contributed by atoms with Crippen LogP contribution < -0.4 is 4.74 Å². The van der Waals surface area contributed by atoms with Crippen molar-refractivity contribution >= 4 is 6.08 Å². The normalized spacial score (nSPS) is 12.3. The molecule has 0 fully saturated rings. The highest BCUT2D eigenvalue weighted by molar-refractivity contribution is 5.66. The highest BCUT2D eigenvalue weighted by Gasteiger charge is 2.31. The van der Waals surface area contributed by atoms with Crippen LogP contribution in [0.25, 0.3) is 17.2 Å². The van der Waals surface area contributed by atoms with E-state index in [4.69, 9.17) is 4.74 Å². The maximum absolute atomic E-state index is 10.7. The molecule has 0 aliphatic heterocycles. The molecular formula is C34H44O2. The van der Waals surface area contributed by atoms with Crippen LogP contribution in [0.2, 0.25) is 0 Å². The van der Waals surface area contributed by atoms with Crippen molar-refractivity contribution in [1.29, 1.82) is 0 Å². The molecule has 0 spiro atoms. The largest absolute Gasteiger partial charge is 0.496 e. The van der Waals surface area contributed by atoms with Crippen molar-refractivity contribution in [2.45, 2.75) is 84.7 Å². The maximum Gasteiger partial charge on any atom is 0.122 e. The first-order chi connectivity index (χ1) is 17.3. The van der Waals surface area contributed by atoms with Gasteiger partial charge in [0.2, 0.25) is 0 Å². The SMILES string of the molecule is CCc1cc(-c2ccc(C(CC)(CC)c3ccc(/C=C/C(O)(CC)CC)c(C)c3)cc2)ccc1OC. The lowest BCUT2D eigenvalue weighted by Gasteiger charge is -2.34. The van der Waals surface area contributed by atoms with E-state index in [1.165, 1.54) is 38.9 Å². The maximum atomic E-state index is 10.7. The first-order valence-electron chi connectivity index (χ1n) is 13.6. The lowest BCUT2D eigenvalue weighted by atomic mass is 9.70. The van der Waals surface area contributed by atoms with E-state index in [0.29, 0.717) is 0 Å². The molecule has 3 aromatic rings. The predicted octanol–water partition coefficient (Wildman–Crippen LogP) is 8.90. The Morgan fingerprint density at radius 3 is 1.89 bits per heavy atom. The standard InChI is InChI=1S/C34H44O2/c1-8-26-24-29(16-20-32(26)36-7)28-14-17-30(18-15-28)34(11-4,12-5)31-19-13-27(25(6)23-31)21-22-33(35,9-2)10-3/h13-24,35H,8-12H2,1-7H3/b22-21+. The third-order valence-corrected chi connectivity index (χ3v) is 8.26. The van der Waals surface area contributed by atoms with Gasteiger partial charge in [-0.2, -0.15) is 0 Å². The van der Waals surface area contributed by atoms with Gasteiger partial charge in [-0.15, -0.1) is 0 Å². The van der Waals surface area contributed by atoms with Crippen molar-refractivity contribution in [1.82, 2.24) is 0 Å². The zero-order chi connectivity index (χ0) is 26.3. The van der Waals surface area contributed by atoms with E-state index in [-0.39, 0.29) is 5.41 Å². The van der Waals surface area contributed by atoms with E-state index in [9.17, 15) is 5.11 Å². The van der Waals surface area contributed by atoms with E-state index in [1.54, 1.807) is 7.11 Å². The summed E-state index contributed by atoms with van der Waals surface area (Å²) in [6, 6.07) is 22.4. The number of aryl methyl sites for hydroxylation is 2. The molecule has 0 unspecified atom stereocenters. The molecule has 0 heterocycles. The molecule has 0 radical (unpaired) electrons. The molecule has 0 saturated carbocycles. The van der Waals surface area contributed by atoms with Crippen LogP contribution in [0.3, 0.4) is 0 Å². The molecule has 0 aliphatic carbocycles. The van der Waals surface area contributed by atoms with Crippen LogP contribution in [0.15, 0.2) is 66.7 Å². The highest BCUT2D eigenvalue weighted by atomic mass is 16.5. The summed E-state index contributed by atoms with van der Waals surface area (Å²) in [5.74, 6) is 0.955. The second-order valence-electron chi connectivity index (χ2n) is 9.96. The highest BCUT2D eigenvalue weighted by Crippen LogP contribution is 2.40. The Kier molecular flexibility index (Phi) is 9.19. The summed E-state index contributed by atoms with van der Waals surface area (Å²) in [4.78, 5) is 0. The fourth-order valence-electron chi connectivity index (χ4n) is 5.34. The molecule has 3 rings (SSSR count).